The second-order valence-electron chi connectivity index (χ2n) is 5.56. The number of thiophene rings is 1. The third kappa shape index (κ3) is 10.7. The van der Waals surface area contributed by atoms with Gasteiger partial charge in [-0.1, -0.05) is 32.1 Å². The minimum atomic E-state index is 0.724. The Bertz CT molecular complexity index is 823. The fourth-order valence-electron chi connectivity index (χ4n) is 2.05. The Morgan fingerprint density at radius 3 is 2.72 bits per heavy atom. The summed E-state index contributed by atoms with van der Waals surface area (Å²) in [6.07, 6.45) is 10.8. The fourth-order valence-corrected chi connectivity index (χ4v) is 3.38. The molecule has 0 amide bonds. The highest BCUT2D eigenvalue weighted by Crippen LogP contribution is 2.29. The van der Waals surface area contributed by atoms with E-state index in [0.717, 1.165) is 44.9 Å². The molecule has 0 fully saturated rings. The molecular weight excluding hydrogens is 400 g/mol. The van der Waals surface area contributed by atoms with Crippen molar-refractivity contribution < 1.29 is 4.79 Å². The number of pyridine rings is 1. The summed E-state index contributed by atoms with van der Waals surface area (Å²) in [6.45, 7) is 9.56. The van der Waals surface area contributed by atoms with Crippen molar-refractivity contribution in [2.24, 2.45) is 10.7 Å². The predicted octanol–water partition coefficient (Wildman–Crippen LogP) is 5.90. The van der Waals surface area contributed by atoms with E-state index in [1.54, 1.807) is 18.0 Å². The summed E-state index contributed by atoms with van der Waals surface area (Å²) in [5.41, 5.74) is 7.18. The number of anilines is 1. The molecule has 7 heteroatoms. The van der Waals surface area contributed by atoms with Gasteiger partial charge in [0.05, 0.1) is 11.2 Å². The van der Waals surface area contributed by atoms with Crippen molar-refractivity contribution in [2.75, 3.05) is 24.7 Å². The first-order valence-corrected chi connectivity index (χ1v) is 11.2. The van der Waals surface area contributed by atoms with E-state index >= 15 is 0 Å². The third-order valence-electron chi connectivity index (χ3n) is 3.26. The van der Waals surface area contributed by atoms with Gasteiger partial charge < -0.3 is 10.6 Å². The number of thioether (sulfide) groups is 1. The number of allylic oxidation sites excluding steroid dienone is 3. The van der Waals surface area contributed by atoms with Gasteiger partial charge >= 0.3 is 0 Å². The zero-order valence-corrected chi connectivity index (χ0v) is 19.6. The monoisotopic (exact) mass is 432 g/mol. The number of fused-ring (bicyclic) bond motifs is 1. The lowest BCUT2D eigenvalue weighted by Crippen LogP contribution is -2.08. The molecule has 29 heavy (non-hydrogen) atoms. The molecule has 2 N–H and O–H groups in total. The van der Waals surface area contributed by atoms with E-state index < -0.39 is 0 Å². The molecule has 0 bridgehead atoms. The second-order valence-corrected chi connectivity index (χ2v) is 7.56. The fraction of sp³-hybridized carbons (Fsp3) is 0.318. The van der Waals surface area contributed by atoms with Crippen LogP contribution in [0.1, 0.15) is 36.9 Å². The number of nitrogens with zero attached hydrogens (tertiary/aromatic N) is 3. The number of nitrogens with two attached hydrogens (primary N) is 1. The van der Waals surface area contributed by atoms with Crippen molar-refractivity contribution in [3.05, 3.63) is 59.1 Å². The van der Waals surface area contributed by atoms with E-state index in [4.69, 9.17) is 5.73 Å². The quantitative estimate of drug-likeness (QED) is 0.185. The molecule has 158 valence electrons. The van der Waals surface area contributed by atoms with Crippen LogP contribution < -0.4 is 10.6 Å². The maximum atomic E-state index is 10.6. The minimum absolute atomic E-state index is 0.724. The van der Waals surface area contributed by atoms with Gasteiger partial charge in [0, 0.05) is 42.8 Å². The van der Waals surface area contributed by atoms with E-state index in [0.29, 0.717) is 0 Å². The lowest BCUT2D eigenvalue weighted by molar-refractivity contribution is 0.112. The normalized spacial score (nSPS) is 11.0. The van der Waals surface area contributed by atoms with Crippen LogP contribution in [0.4, 0.5) is 5.69 Å². The highest BCUT2D eigenvalue weighted by Gasteiger charge is 2.07. The number of aromatic nitrogens is 1. The third-order valence-corrected chi connectivity index (χ3v) is 5.05. The number of carbonyl (C=O) groups excluding carboxylic acids is 1. The summed E-state index contributed by atoms with van der Waals surface area (Å²) in [4.78, 5) is 22.4. The Kier molecular flexibility index (Phi) is 15.2. The van der Waals surface area contributed by atoms with Gasteiger partial charge in [-0.25, -0.2) is 9.98 Å². The molecule has 0 saturated heterocycles. The minimum Gasteiger partial charge on any atom is -0.390 e. The van der Waals surface area contributed by atoms with Crippen LogP contribution in [0.15, 0.2) is 59.2 Å². The SMILES string of the molecule is C=CCS/C=C\C/C=C(\C)N=CN.CC.CN(C)c1ccnc2sc(C=O)cc12. The molecule has 0 radical (unpaired) electrons. The summed E-state index contributed by atoms with van der Waals surface area (Å²) in [6, 6.07) is 3.83. The highest BCUT2D eigenvalue weighted by atomic mass is 32.2. The first kappa shape index (κ1) is 26.6. The molecule has 2 aromatic heterocycles. The first-order chi connectivity index (χ1) is 14.0. The number of hydrogen-bond acceptors (Lipinski definition) is 6. The molecule has 0 aliphatic rings. The Morgan fingerprint density at radius 2 is 2.14 bits per heavy atom. The van der Waals surface area contributed by atoms with Crippen molar-refractivity contribution in [1.82, 2.24) is 4.98 Å². The van der Waals surface area contributed by atoms with Crippen LogP contribution in [0.2, 0.25) is 0 Å². The summed E-state index contributed by atoms with van der Waals surface area (Å²) in [5.74, 6) is 0.958. The van der Waals surface area contributed by atoms with Gasteiger partial charge in [0.15, 0.2) is 6.29 Å². The van der Waals surface area contributed by atoms with Gasteiger partial charge in [-0.05, 0) is 30.9 Å². The van der Waals surface area contributed by atoms with Crippen molar-refractivity contribution in [3.8, 4) is 0 Å². The molecule has 0 aliphatic carbocycles. The largest absolute Gasteiger partial charge is 0.390 e. The van der Waals surface area contributed by atoms with E-state index in [-0.39, 0.29) is 0 Å². The molecule has 0 spiro atoms. The van der Waals surface area contributed by atoms with Crippen molar-refractivity contribution >= 4 is 51.6 Å². The van der Waals surface area contributed by atoms with E-state index in [1.807, 2.05) is 64.1 Å². The lowest BCUT2D eigenvalue weighted by atomic mass is 10.2. The maximum absolute atomic E-state index is 10.6. The van der Waals surface area contributed by atoms with Gasteiger partial charge in [-0.15, -0.1) is 29.7 Å². The van der Waals surface area contributed by atoms with E-state index in [2.05, 4.69) is 28.0 Å². The summed E-state index contributed by atoms with van der Waals surface area (Å²) < 4.78 is 0. The standard InChI is InChI=1S/C10H10N2OS.C10H16N2S.C2H6/c1-12(2)9-3-4-11-10-8(9)5-7(6-13)14-10;1-3-7-13-8-5-4-6-10(2)12-9-11;1-2/h3-6H,1-2H3;3,5-6,8-9H,1,4,7H2,2H3,(H2,11,12);1-2H3/b;8-5-,10-6+;. The number of aliphatic imine (C=N–C) groups is 1. The Hall–Kier alpha value is -2.38. The van der Waals surface area contributed by atoms with Gasteiger partial charge in [-0.2, -0.15) is 0 Å². The smallest absolute Gasteiger partial charge is 0.160 e. The molecule has 2 aromatic rings. The average molecular weight is 433 g/mol. The maximum Gasteiger partial charge on any atom is 0.160 e. The topological polar surface area (TPSA) is 71.6 Å². The molecule has 0 aliphatic heterocycles. The van der Waals surface area contributed by atoms with Crippen molar-refractivity contribution in [1.29, 1.82) is 0 Å². The van der Waals surface area contributed by atoms with Crippen LogP contribution in [-0.2, 0) is 0 Å². The van der Waals surface area contributed by atoms with Crippen molar-refractivity contribution in [2.45, 2.75) is 27.2 Å². The van der Waals surface area contributed by atoms with Gasteiger partial charge in [0.25, 0.3) is 0 Å². The second kappa shape index (κ2) is 16.6. The van der Waals surface area contributed by atoms with Gasteiger partial charge in [0.2, 0.25) is 0 Å². The number of aldehydes is 1. The lowest BCUT2D eigenvalue weighted by Gasteiger charge is -2.12. The van der Waals surface area contributed by atoms with Crippen LogP contribution in [-0.4, -0.2) is 37.5 Å². The molecule has 2 rings (SSSR count). The summed E-state index contributed by atoms with van der Waals surface area (Å²) in [5, 5.41) is 3.11. The zero-order valence-electron chi connectivity index (χ0n) is 18.0. The van der Waals surface area contributed by atoms with Gasteiger partial charge in [-0.3, -0.25) is 4.79 Å². The number of hydrogen-bond donors (Lipinski definition) is 1. The number of carbonyl (C=O) groups is 1. The Balaban J connectivity index is 0.000000500. The molecule has 0 atom stereocenters. The van der Waals surface area contributed by atoms with E-state index in [9.17, 15) is 4.79 Å². The van der Waals surface area contributed by atoms with Crippen LogP contribution in [0.3, 0.4) is 0 Å². The molecule has 5 nitrogen and oxygen atoms in total. The van der Waals surface area contributed by atoms with Crippen LogP contribution in [0.5, 0.6) is 0 Å². The molecular formula is C22H32N4OS2. The molecule has 2 heterocycles. The number of rotatable bonds is 8. The summed E-state index contributed by atoms with van der Waals surface area (Å²) >= 11 is 3.15. The molecule has 0 unspecified atom stereocenters. The van der Waals surface area contributed by atoms with E-state index in [1.165, 1.54) is 17.7 Å². The molecule has 0 aromatic carbocycles. The Morgan fingerprint density at radius 1 is 1.41 bits per heavy atom. The predicted molar refractivity (Wildman–Crippen MR) is 134 cm³/mol. The van der Waals surface area contributed by atoms with Crippen molar-refractivity contribution in [3.63, 3.8) is 0 Å². The van der Waals surface area contributed by atoms with Crippen LogP contribution >= 0.6 is 23.1 Å². The molecule has 0 saturated carbocycles. The highest BCUT2D eigenvalue weighted by molar-refractivity contribution is 8.02. The first-order valence-electron chi connectivity index (χ1n) is 9.33. The van der Waals surface area contributed by atoms with Crippen LogP contribution in [0.25, 0.3) is 10.2 Å². The van der Waals surface area contributed by atoms with Crippen LogP contribution in [0, 0.1) is 0 Å². The Labute approximate surface area is 183 Å². The average Bonchev–Trinajstić information content (AvgIpc) is 3.16. The van der Waals surface area contributed by atoms with Gasteiger partial charge in [0.1, 0.15) is 4.83 Å². The summed E-state index contributed by atoms with van der Waals surface area (Å²) in [7, 11) is 3.96. The zero-order chi connectivity index (χ0) is 22.1.